The van der Waals surface area contributed by atoms with Gasteiger partial charge in [-0.05, 0) is 66.1 Å². The Balaban J connectivity index is 1.75. The Labute approximate surface area is 154 Å². The molecule has 0 saturated carbocycles. The first-order valence-electron chi connectivity index (χ1n) is 7.96. The van der Waals surface area contributed by atoms with Crippen molar-refractivity contribution >= 4 is 34.3 Å². The normalized spacial score (nSPS) is 12.9. The number of para-hydroxylation sites is 1. The molecular formula is C19H16IN3O. The summed E-state index contributed by atoms with van der Waals surface area (Å²) in [6.07, 6.45) is 3.03. The minimum Gasteiger partial charge on any atom is -0.306 e. The monoisotopic (exact) mass is 429 g/mol. The van der Waals surface area contributed by atoms with E-state index in [0.29, 0.717) is 5.56 Å². The van der Waals surface area contributed by atoms with E-state index >= 15 is 0 Å². The molecule has 1 N–H and O–H groups in total. The summed E-state index contributed by atoms with van der Waals surface area (Å²) in [4.78, 5) is 12.8. The molecule has 0 bridgehead atoms. The Kier molecular flexibility index (Phi) is 4.10. The first-order chi connectivity index (χ1) is 11.7. The second kappa shape index (κ2) is 6.39. The van der Waals surface area contributed by atoms with Crippen molar-refractivity contribution in [1.82, 2.24) is 9.78 Å². The van der Waals surface area contributed by atoms with Gasteiger partial charge in [-0.3, -0.25) is 4.79 Å². The van der Waals surface area contributed by atoms with Crippen LogP contribution in [-0.2, 0) is 12.8 Å². The number of anilines is 1. The molecule has 1 heterocycles. The van der Waals surface area contributed by atoms with Gasteiger partial charge < -0.3 is 5.32 Å². The SMILES string of the molecule is O=C(Nc1c2c(nn1-c1ccccc1)CCC2)c1ccccc1I. The lowest BCUT2D eigenvalue weighted by molar-refractivity contribution is 0.102. The summed E-state index contributed by atoms with van der Waals surface area (Å²) in [6, 6.07) is 17.6. The number of rotatable bonds is 3. The summed E-state index contributed by atoms with van der Waals surface area (Å²) in [5.41, 5.74) is 3.91. The lowest BCUT2D eigenvalue weighted by Gasteiger charge is -2.11. The van der Waals surface area contributed by atoms with Crippen LogP contribution in [0, 0.1) is 3.57 Å². The Morgan fingerprint density at radius 2 is 1.79 bits per heavy atom. The Morgan fingerprint density at radius 3 is 2.58 bits per heavy atom. The highest BCUT2D eigenvalue weighted by molar-refractivity contribution is 14.1. The summed E-state index contributed by atoms with van der Waals surface area (Å²) in [6.45, 7) is 0. The van der Waals surface area contributed by atoms with Crippen LogP contribution >= 0.6 is 22.6 Å². The molecule has 0 unspecified atom stereocenters. The molecule has 4 rings (SSSR count). The summed E-state index contributed by atoms with van der Waals surface area (Å²) in [5, 5.41) is 7.83. The predicted molar refractivity (Wildman–Crippen MR) is 103 cm³/mol. The third kappa shape index (κ3) is 2.73. The fraction of sp³-hybridized carbons (Fsp3) is 0.158. The van der Waals surface area contributed by atoms with E-state index in [1.54, 1.807) is 0 Å². The topological polar surface area (TPSA) is 46.9 Å². The van der Waals surface area contributed by atoms with Gasteiger partial charge in [-0.15, -0.1) is 0 Å². The van der Waals surface area contributed by atoms with Crippen LogP contribution in [0.3, 0.4) is 0 Å². The number of nitrogens with zero attached hydrogens (tertiary/aromatic N) is 2. The number of halogens is 1. The number of nitrogens with one attached hydrogen (secondary N) is 1. The van der Waals surface area contributed by atoms with Crippen molar-refractivity contribution in [1.29, 1.82) is 0 Å². The van der Waals surface area contributed by atoms with Crippen molar-refractivity contribution in [2.75, 3.05) is 5.32 Å². The Bertz CT molecular complexity index is 902. The quantitative estimate of drug-likeness (QED) is 0.634. The second-order valence-corrected chi connectivity index (χ2v) is 6.97. The average Bonchev–Trinajstić information content (AvgIpc) is 3.19. The van der Waals surface area contributed by atoms with Gasteiger partial charge in [0.1, 0.15) is 5.82 Å². The molecule has 0 atom stereocenters. The fourth-order valence-corrected chi connectivity index (χ4v) is 3.73. The van der Waals surface area contributed by atoms with E-state index in [9.17, 15) is 4.79 Å². The molecule has 0 spiro atoms. The summed E-state index contributed by atoms with van der Waals surface area (Å²) >= 11 is 2.19. The predicted octanol–water partition coefficient (Wildman–Crippen LogP) is 4.22. The van der Waals surface area contributed by atoms with Gasteiger partial charge in [0.25, 0.3) is 5.91 Å². The van der Waals surface area contributed by atoms with Crippen LogP contribution < -0.4 is 5.32 Å². The van der Waals surface area contributed by atoms with Gasteiger partial charge in [0, 0.05) is 9.13 Å². The van der Waals surface area contributed by atoms with Gasteiger partial charge in [-0.25, -0.2) is 4.68 Å². The number of hydrogen-bond donors (Lipinski definition) is 1. The van der Waals surface area contributed by atoms with E-state index < -0.39 is 0 Å². The van der Waals surface area contributed by atoms with Gasteiger partial charge >= 0.3 is 0 Å². The molecule has 3 aromatic rings. The first kappa shape index (κ1) is 15.4. The molecular weight excluding hydrogens is 413 g/mol. The molecule has 1 amide bonds. The number of fused-ring (bicyclic) bond motifs is 1. The third-order valence-corrected chi connectivity index (χ3v) is 5.20. The number of carbonyl (C=O) groups is 1. The van der Waals surface area contributed by atoms with E-state index in [1.807, 2.05) is 59.3 Å². The van der Waals surface area contributed by atoms with Crippen LogP contribution in [-0.4, -0.2) is 15.7 Å². The van der Waals surface area contributed by atoms with E-state index in [0.717, 1.165) is 45.6 Å². The van der Waals surface area contributed by atoms with E-state index in [4.69, 9.17) is 5.10 Å². The molecule has 5 heteroatoms. The van der Waals surface area contributed by atoms with Gasteiger partial charge in [-0.1, -0.05) is 30.3 Å². The summed E-state index contributed by atoms with van der Waals surface area (Å²) in [5.74, 6) is 0.713. The van der Waals surface area contributed by atoms with Crippen molar-refractivity contribution in [3.63, 3.8) is 0 Å². The van der Waals surface area contributed by atoms with Crippen LogP contribution in [0.15, 0.2) is 54.6 Å². The maximum Gasteiger partial charge on any atom is 0.257 e. The average molecular weight is 429 g/mol. The van der Waals surface area contributed by atoms with E-state index in [2.05, 4.69) is 27.9 Å². The molecule has 1 aliphatic carbocycles. The minimum absolute atomic E-state index is 0.0909. The van der Waals surface area contributed by atoms with Crippen LogP contribution in [0.5, 0.6) is 0 Å². The van der Waals surface area contributed by atoms with E-state index in [-0.39, 0.29) is 5.91 Å². The first-order valence-corrected chi connectivity index (χ1v) is 9.04. The molecule has 4 nitrogen and oxygen atoms in total. The molecule has 1 aliphatic rings. The number of hydrogen-bond acceptors (Lipinski definition) is 2. The van der Waals surface area contributed by atoms with Crippen molar-refractivity contribution in [2.45, 2.75) is 19.3 Å². The molecule has 0 fully saturated rings. The Morgan fingerprint density at radius 1 is 1.04 bits per heavy atom. The fourth-order valence-electron chi connectivity index (χ4n) is 3.10. The highest BCUT2D eigenvalue weighted by Gasteiger charge is 2.24. The summed E-state index contributed by atoms with van der Waals surface area (Å²) < 4.78 is 2.80. The number of benzene rings is 2. The van der Waals surface area contributed by atoms with Crippen molar-refractivity contribution in [3.05, 3.63) is 75.0 Å². The molecule has 1 aromatic heterocycles. The maximum atomic E-state index is 12.8. The zero-order valence-electron chi connectivity index (χ0n) is 13.0. The van der Waals surface area contributed by atoms with Crippen LogP contribution in [0.4, 0.5) is 5.82 Å². The van der Waals surface area contributed by atoms with Crippen LogP contribution in [0.1, 0.15) is 28.0 Å². The number of aryl methyl sites for hydroxylation is 1. The molecule has 120 valence electrons. The Hall–Kier alpha value is -2.15. The lowest BCUT2D eigenvalue weighted by Crippen LogP contribution is -2.17. The number of carbonyl (C=O) groups excluding carboxylic acids is 1. The van der Waals surface area contributed by atoms with Crippen molar-refractivity contribution < 1.29 is 4.79 Å². The molecule has 0 radical (unpaired) electrons. The van der Waals surface area contributed by atoms with E-state index in [1.165, 1.54) is 0 Å². The molecule has 0 saturated heterocycles. The van der Waals surface area contributed by atoms with Crippen LogP contribution in [0.2, 0.25) is 0 Å². The van der Waals surface area contributed by atoms with Gasteiger partial charge in [0.05, 0.1) is 16.9 Å². The second-order valence-electron chi connectivity index (χ2n) is 5.81. The largest absolute Gasteiger partial charge is 0.306 e. The van der Waals surface area contributed by atoms with Crippen molar-refractivity contribution in [2.24, 2.45) is 0 Å². The number of aromatic nitrogens is 2. The maximum absolute atomic E-state index is 12.8. The third-order valence-electron chi connectivity index (χ3n) is 4.26. The zero-order valence-corrected chi connectivity index (χ0v) is 15.2. The molecule has 0 aliphatic heterocycles. The van der Waals surface area contributed by atoms with Gasteiger partial charge in [-0.2, -0.15) is 5.10 Å². The molecule has 2 aromatic carbocycles. The van der Waals surface area contributed by atoms with Crippen LogP contribution in [0.25, 0.3) is 5.69 Å². The summed E-state index contributed by atoms with van der Waals surface area (Å²) in [7, 11) is 0. The van der Waals surface area contributed by atoms with Gasteiger partial charge in [0.15, 0.2) is 0 Å². The molecule has 24 heavy (non-hydrogen) atoms. The van der Waals surface area contributed by atoms with Crippen molar-refractivity contribution in [3.8, 4) is 5.69 Å². The highest BCUT2D eigenvalue weighted by Crippen LogP contribution is 2.31. The lowest BCUT2D eigenvalue weighted by atomic mass is 10.2. The number of amides is 1. The standard InChI is InChI=1S/C19H16IN3O/c20-16-11-5-4-9-14(16)19(24)21-18-15-10-6-12-17(15)22-23(18)13-7-2-1-3-8-13/h1-5,7-9,11H,6,10,12H2,(H,21,24). The minimum atomic E-state index is -0.0909. The smallest absolute Gasteiger partial charge is 0.257 e. The highest BCUT2D eigenvalue weighted by atomic mass is 127. The van der Waals surface area contributed by atoms with Gasteiger partial charge in [0.2, 0.25) is 0 Å². The zero-order chi connectivity index (χ0) is 16.5.